The summed E-state index contributed by atoms with van der Waals surface area (Å²) in [7, 11) is 0. The molecule has 1 saturated carbocycles. The Bertz CT molecular complexity index is 542. The van der Waals surface area contributed by atoms with Crippen molar-refractivity contribution in [3.8, 4) is 5.75 Å². The van der Waals surface area contributed by atoms with Crippen molar-refractivity contribution in [2.24, 2.45) is 22.5 Å². The van der Waals surface area contributed by atoms with E-state index < -0.39 is 5.60 Å². The van der Waals surface area contributed by atoms with Gasteiger partial charge in [-0.05, 0) is 42.2 Å². The molecule has 1 aromatic carbocycles. The topological polar surface area (TPSA) is 55.5 Å². The average Bonchev–Trinajstić information content (AvgIpc) is 2.67. The summed E-state index contributed by atoms with van der Waals surface area (Å²) in [4.78, 5) is 0. The SMILES string of the molecule is CC1CC(C)(C)CC1(O)C1(CN)COc2ccccc2C1. The highest BCUT2D eigenvalue weighted by Gasteiger charge is 2.60. The highest BCUT2D eigenvalue weighted by molar-refractivity contribution is 5.37. The molecule has 3 heteroatoms. The number of para-hydroxylation sites is 1. The molecule has 21 heavy (non-hydrogen) atoms. The Balaban J connectivity index is 1.99. The van der Waals surface area contributed by atoms with Crippen LogP contribution in [0.3, 0.4) is 0 Å². The minimum absolute atomic E-state index is 0.160. The molecule has 1 aliphatic heterocycles. The zero-order valence-corrected chi connectivity index (χ0v) is 13.4. The quantitative estimate of drug-likeness (QED) is 0.880. The Morgan fingerprint density at radius 2 is 2.05 bits per heavy atom. The number of hydrogen-bond acceptors (Lipinski definition) is 3. The van der Waals surface area contributed by atoms with Gasteiger partial charge in [-0.2, -0.15) is 0 Å². The maximum Gasteiger partial charge on any atom is 0.122 e. The lowest BCUT2D eigenvalue weighted by molar-refractivity contribution is -0.130. The molecule has 3 nitrogen and oxygen atoms in total. The summed E-state index contributed by atoms with van der Waals surface area (Å²) in [5.74, 6) is 1.18. The number of aliphatic hydroxyl groups is 1. The van der Waals surface area contributed by atoms with E-state index in [2.05, 4.69) is 26.8 Å². The number of fused-ring (bicyclic) bond motifs is 1. The second-order valence-electron chi connectivity index (χ2n) is 7.93. The van der Waals surface area contributed by atoms with Crippen molar-refractivity contribution >= 4 is 0 Å². The minimum atomic E-state index is -0.751. The van der Waals surface area contributed by atoms with Gasteiger partial charge in [-0.15, -0.1) is 0 Å². The zero-order valence-electron chi connectivity index (χ0n) is 13.4. The van der Waals surface area contributed by atoms with Crippen molar-refractivity contribution in [2.75, 3.05) is 13.2 Å². The van der Waals surface area contributed by atoms with Crippen LogP contribution in [0.2, 0.25) is 0 Å². The molecule has 2 aliphatic rings. The Morgan fingerprint density at radius 1 is 1.33 bits per heavy atom. The van der Waals surface area contributed by atoms with Gasteiger partial charge in [-0.25, -0.2) is 0 Å². The summed E-state index contributed by atoms with van der Waals surface area (Å²) in [5.41, 5.74) is 6.37. The summed E-state index contributed by atoms with van der Waals surface area (Å²) < 4.78 is 5.98. The lowest BCUT2D eigenvalue weighted by Gasteiger charge is -2.49. The Labute approximate surface area is 127 Å². The molecular weight excluding hydrogens is 262 g/mol. The third kappa shape index (κ3) is 2.18. The minimum Gasteiger partial charge on any atom is -0.493 e. The number of rotatable bonds is 2. The number of hydrogen-bond donors (Lipinski definition) is 2. The molecule has 0 amide bonds. The van der Waals surface area contributed by atoms with Crippen molar-refractivity contribution in [1.82, 2.24) is 0 Å². The summed E-state index contributed by atoms with van der Waals surface area (Å²) in [6.45, 7) is 7.61. The van der Waals surface area contributed by atoms with E-state index in [1.54, 1.807) is 0 Å². The van der Waals surface area contributed by atoms with Crippen molar-refractivity contribution < 1.29 is 9.84 Å². The van der Waals surface area contributed by atoms with Crippen molar-refractivity contribution in [3.63, 3.8) is 0 Å². The van der Waals surface area contributed by atoms with Gasteiger partial charge in [0.1, 0.15) is 5.75 Å². The van der Waals surface area contributed by atoms with Gasteiger partial charge in [0.2, 0.25) is 0 Å². The van der Waals surface area contributed by atoms with Crippen LogP contribution in [-0.2, 0) is 6.42 Å². The van der Waals surface area contributed by atoms with E-state index in [-0.39, 0.29) is 16.7 Å². The van der Waals surface area contributed by atoms with Crippen LogP contribution in [0.4, 0.5) is 0 Å². The predicted molar refractivity (Wildman–Crippen MR) is 84.3 cm³/mol. The molecular formula is C18H27NO2. The lowest BCUT2D eigenvalue weighted by atomic mass is 9.63. The van der Waals surface area contributed by atoms with Gasteiger partial charge in [0.25, 0.3) is 0 Å². The fraction of sp³-hybridized carbons (Fsp3) is 0.667. The molecule has 1 aliphatic carbocycles. The molecule has 3 rings (SSSR count). The summed E-state index contributed by atoms with van der Waals surface area (Å²) in [5, 5.41) is 11.5. The summed E-state index contributed by atoms with van der Waals surface area (Å²) >= 11 is 0. The van der Waals surface area contributed by atoms with E-state index in [0.29, 0.717) is 13.2 Å². The van der Waals surface area contributed by atoms with E-state index >= 15 is 0 Å². The van der Waals surface area contributed by atoms with Crippen molar-refractivity contribution in [2.45, 2.75) is 45.6 Å². The Morgan fingerprint density at radius 3 is 2.67 bits per heavy atom. The van der Waals surface area contributed by atoms with E-state index in [4.69, 9.17) is 10.5 Å². The number of benzene rings is 1. The first-order chi connectivity index (χ1) is 9.82. The first-order valence-electron chi connectivity index (χ1n) is 7.95. The zero-order chi connectivity index (χ0) is 15.3. The second kappa shape index (κ2) is 4.72. The van der Waals surface area contributed by atoms with Gasteiger partial charge in [-0.3, -0.25) is 0 Å². The molecule has 3 unspecified atom stereocenters. The smallest absolute Gasteiger partial charge is 0.122 e. The molecule has 0 aromatic heterocycles. The van der Waals surface area contributed by atoms with Crippen LogP contribution in [0.25, 0.3) is 0 Å². The molecule has 3 atom stereocenters. The van der Waals surface area contributed by atoms with E-state index in [0.717, 1.165) is 25.0 Å². The fourth-order valence-electron chi connectivity index (χ4n) is 4.69. The monoisotopic (exact) mass is 289 g/mol. The van der Waals surface area contributed by atoms with Crippen LogP contribution < -0.4 is 10.5 Å². The van der Waals surface area contributed by atoms with Gasteiger partial charge in [0.15, 0.2) is 0 Å². The van der Waals surface area contributed by atoms with Crippen LogP contribution in [-0.4, -0.2) is 23.9 Å². The van der Waals surface area contributed by atoms with Crippen LogP contribution in [0, 0.1) is 16.7 Å². The van der Waals surface area contributed by atoms with Gasteiger partial charge in [-0.1, -0.05) is 39.0 Å². The summed E-state index contributed by atoms with van der Waals surface area (Å²) in [6.07, 6.45) is 2.63. The molecule has 1 fully saturated rings. The lowest BCUT2D eigenvalue weighted by Crippen LogP contribution is -2.60. The standard InChI is InChI=1S/C18H27NO2/c1-13-8-16(2,3)10-18(13,20)17(11-19)9-14-6-4-5-7-15(14)21-12-17/h4-7,13,20H,8-12,19H2,1-3H3. The van der Waals surface area contributed by atoms with Crippen LogP contribution >= 0.6 is 0 Å². The van der Waals surface area contributed by atoms with Gasteiger partial charge in [0, 0.05) is 12.0 Å². The van der Waals surface area contributed by atoms with Crippen LogP contribution in [0.1, 0.15) is 39.2 Å². The van der Waals surface area contributed by atoms with E-state index in [9.17, 15) is 5.11 Å². The van der Waals surface area contributed by atoms with Crippen LogP contribution in [0.5, 0.6) is 5.75 Å². The third-order valence-corrected chi connectivity index (χ3v) is 5.74. The van der Waals surface area contributed by atoms with Gasteiger partial charge >= 0.3 is 0 Å². The van der Waals surface area contributed by atoms with Crippen molar-refractivity contribution in [3.05, 3.63) is 29.8 Å². The molecule has 116 valence electrons. The Hall–Kier alpha value is -1.06. The third-order valence-electron chi connectivity index (χ3n) is 5.74. The second-order valence-corrected chi connectivity index (χ2v) is 7.93. The van der Waals surface area contributed by atoms with Crippen molar-refractivity contribution in [1.29, 1.82) is 0 Å². The fourth-order valence-corrected chi connectivity index (χ4v) is 4.69. The summed E-state index contributed by atoms with van der Waals surface area (Å²) in [6, 6.07) is 8.11. The molecule has 0 bridgehead atoms. The van der Waals surface area contributed by atoms with Gasteiger partial charge < -0.3 is 15.6 Å². The normalized spacial score (nSPS) is 37.9. The van der Waals surface area contributed by atoms with Crippen LogP contribution in [0.15, 0.2) is 24.3 Å². The molecule has 0 saturated heterocycles. The first-order valence-corrected chi connectivity index (χ1v) is 7.95. The van der Waals surface area contributed by atoms with E-state index in [1.807, 2.05) is 18.2 Å². The predicted octanol–water partition coefficient (Wildman–Crippen LogP) is 2.75. The molecule has 1 aromatic rings. The number of ether oxygens (including phenoxy) is 1. The highest BCUT2D eigenvalue weighted by atomic mass is 16.5. The molecule has 1 heterocycles. The average molecular weight is 289 g/mol. The van der Waals surface area contributed by atoms with E-state index in [1.165, 1.54) is 5.56 Å². The maximum absolute atomic E-state index is 11.5. The highest BCUT2D eigenvalue weighted by Crippen LogP contribution is 2.56. The molecule has 3 N–H and O–H groups in total. The Kier molecular flexibility index (Phi) is 3.34. The maximum atomic E-state index is 11.5. The van der Waals surface area contributed by atoms with Gasteiger partial charge in [0.05, 0.1) is 12.2 Å². The number of nitrogens with two attached hydrogens (primary N) is 1. The first kappa shape index (κ1) is 14.9. The largest absolute Gasteiger partial charge is 0.493 e. The molecule has 0 radical (unpaired) electrons. The molecule has 0 spiro atoms.